The Morgan fingerprint density at radius 2 is 2.29 bits per heavy atom. The number of aryl methyl sites for hydroxylation is 1. The second-order valence-electron chi connectivity index (χ2n) is 4.59. The van der Waals surface area contributed by atoms with Crippen LogP contribution in [0.15, 0.2) is 33.7 Å². The Morgan fingerprint density at radius 1 is 1.52 bits per heavy atom. The lowest BCUT2D eigenvalue weighted by atomic mass is 10.1. The highest BCUT2D eigenvalue weighted by Crippen LogP contribution is 2.30. The molecule has 0 fully saturated rings. The molecule has 0 saturated carbocycles. The fourth-order valence-corrected chi connectivity index (χ4v) is 2.84. The number of aromatic nitrogens is 1. The van der Waals surface area contributed by atoms with Crippen LogP contribution in [0.25, 0.3) is 0 Å². The third-order valence-electron chi connectivity index (χ3n) is 2.92. The van der Waals surface area contributed by atoms with Crippen molar-refractivity contribution < 1.29 is 14.3 Å². The van der Waals surface area contributed by atoms with Crippen LogP contribution >= 0.6 is 11.8 Å². The van der Waals surface area contributed by atoms with Crippen LogP contribution in [0.3, 0.4) is 0 Å². The van der Waals surface area contributed by atoms with Crippen molar-refractivity contribution in [3.63, 3.8) is 0 Å². The number of benzene rings is 1. The number of hydrogen-bond donors (Lipinski definition) is 2. The van der Waals surface area contributed by atoms with Gasteiger partial charge < -0.3 is 14.8 Å². The number of anilines is 1. The van der Waals surface area contributed by atoms with Gasteiger partial charge in [-0.2, -0.15) is 0 Å². The van der Waals surface area contributed by atoms with E-state index in [0.29, 0.717) is 17.1 Å². The summed E-state index contributed by atoms with van der Waals surface area (Å²) in [6.45, 7) is 5.70. The Hall–Kier alpha value is -1.95. The maximum absolute atomic E-state index is 11.5. The molecule has 1 aromatic carbocycles. The van der Waals surface area contributed by atoms with Crippen molar-refractivity contribution in [2.45, 2.75) is 31.7 Å². The largest absolute Gasteiger partial charge is 0.478 e. The molecule has 1 aromatic heterocycles. The number of nitrogens with one attached hydrogen (secondary N) is 1. The summed E-state index contributed by atoms with van der Waals surface area (Å²) in [6.07, 6.45) is 1.65. The minimum atomic E-state index is -0.940. The molecule has 0 aliphatic heterocycles. The van der Waals surface area contributed by atoms with E-state index in [1.165, 1.54) is 11.8 Å². The van der Waals surface area contributed by atoms with Gasteiger partial charge in [0.1, 0.15) is 11.8 Å². The van der Waals surface area contributed by atoms with Gasteiger partial charge in [-0.3, -0.25) is 0 Å². The number of oxazole rings is 1. The maximum Gasteiger partial charge on any atom is 0.338 e. The summed E-state index contributed by atoms with van der Waals surface area (Å²) in [6, 6.07) is 5.22. The fourth-order valence-electron chi connectivity index (χ4n) is 2.02. The normalized spacial score (nSPS) is 12.1. The first-order valence-corrected chi connectivity index (χ1v) is 7.69. The Labute approximate surface area is 127 Å². The van der Waals surface area contributed by atoms with E-state index in [4.69, 9.17) is 4.42 Å². The minimum Gasteiger partial charge on any atom is -0.478 e. The first-order chi connectivity index (χ1) is 10.0. The molecule has 0 amide bonds. The van der Waals surface area contributed by atoms with Crippen LogP contribution in [0, 0.1) is 6.92 Å². The van der Waals surface area contributed by atoms with Crippen LogP contribution in [0.2, 0.25) is 0 Å². The average molecular weight is 306 g/mol. The van der Waals surface area contributed by atoms with Crippen LogP contribution in [0.5, 0.6) is 0 Å². The van der Waals surface area contributed by atoms with Crippen LogP contribution in [-0.4, -0.2) is 21.8 Å². The number of rotatable bonds is 6. The molecule has 0 spiro atoms. The third kappa shape index (κ3) is 3.58. The van der Waals surface area contributed by atoms with E-state index in [1.54, 1.807) is 12.3 Å². The summed E-state index contributed by atoms with van der Waals surface area (Å²) in [5.41, 5.74) is 0.865. The fraction of sp³-hybridized carbons (Fsp3) is 0.333. The molecule has 1 unspecified atom stereocenters. The van der Waals surface area contributed by atoms with Crippen LogP contribution < -0.4 is 5.32 Å². The molecule has 0 radical (unpaired) electrons. The molecule has 2 aromatic rings. The minimum absolute atomic E-state index is 0.210. The number of aromatic carboxylic acids is 1. The van der Waals surface area contributed by atoms with Crippen molar-refractivity contribution in [3.05, 3.63) is 41.6 Å². The molecule has 112 valence electrons. The summed E-state index contributed by atoms with van der Waals surface area (Å²) in [7, 11) is 0. The average Bonchev–Trinajstić information content (AvgIpc) is 2.86. The Morgan fingerprint density at radius 3 is 2.86 bits per heavy atom. The summed E-state index contributed by atoms with van der Waals surface area (Å²) in [5, 5.41) is 12.6. The lowest BCUT2D eigenvalue weighted by molar-refractivity contribution is 0.0694. The van der Waals surface area contributed by atoms with Gasteiger partial charge in [-0.05, 0) is 31.7 Å². The first kappa shape index (κ1) is 15.4. The molecule has 2 N–H and O–H groups in total. The van der Waals surface area contributed by atoms with Gasteiger partial charge in [-0.1, -0.05) is 13.0 Å². The zero-order valence-corrected chi connectivity index (χ0v) is 13.0. The smallest absolute Gasteiger partial charge is 0.338 e. The van der Waals surface area contributed by atoms with Crippen LogP contribution in [0.1, 0.15) is 41.9 Å². The molecule has 5 nitrogen and oxygen atoms in total. The topological polar surface area (TPSA) is 75.4 Å². The summed E-state index contributed by atoms with van der Waals surface area (Å²) in [4.78, 5) is 16.5. The lowest BCUT2D eigenvalue weighted by Crippen LogP contribution is -2.12. The van der Waals surface area contributed by atoms with E-state index >= 15 is 0 Å². The van der Waals surface area contributed by atoms with Crippen molar-refractivity contribution in [1.82, 2.24) is 4.98 Å². The zero-order chi connectivity index (χ0) is 15.4. The van der Waals surface area contributed by atoms with Gasteiger partial charge >= 0.3 is 5.97 Å². The second-order valence-corrected chi connectivity index (χ2v) is 5.90. The van der Waals surface area contributed by atoms with Crippen molar-refractivity contribution in [2.24, 2.45) is 0 Å². The van der Waals surface area contributed by atoms with E-state index in [2.05, 4.69) is 10.3 Å². The number of carboxylic acid groups (broad SMARTS) is 1. The molecule has 6 heteroatoms. The number of carbonyl (C=O) groups is 1. The number of hydrogen-bond acceptors (Lipinski definition) is 5. The summed E-state index contributed by atoms with van der Waals surface area (Å²) < 4.78 is 5.47. The molecular weight excluding hydrogens is 288 g/mol. The molecular formula is C15H18N2O3S. The molecule has 1 heterocycles. The Kier molecular flexibility index (Phi) is 4.90. The number of thioether (sulfide) groups is 1. The molecule has 0 bridgehead atoms. The Balaban J connectivity index is 2.30. The van der Waals surface area contributed by atoms with Gasteiger partial charge in [0.05, 0.1) is 17.4 Å². The molecule has 2 rings (SSSR count). The number of nitrogens with zero attached hydrogens (tertiary/aromatic N) is 1. The van der Waals surface area contributed by atoms with Gasteiger partial charge in [-0.25, -0.2) is 9.78 Å². The van der Waals surface area contributed by atoms with Crippen molar-refractivity contribution >= 4 is 23.4 Å². The molecule has 0 aliphatic rings. The van der Waals surface area contributed by atoms with E-state index in [0.717, 1.165) is 16.4 Å². The third-order valence-corrected chi connectivity index (χ3v) is 3.86. The highest BCUT2D eigenvalue weighted by molar-refractivity contribution is 7.99. The standard InChI is InChI=1S/C15H18N2O3S/c1-4-21-12-7-5-6-11(13(12)15(18)19)17-10(3)14-16-8-9(2)20-14/h5-8,10,17H,4H2,1-3H3,(H,18,19). The highest BCUT2D eigenvalue weighted by Gasteiger charge is 2.19. The van der Waals surface area contributed by atoms with Gasteiger partial charge in [0, 0.05) is 4.90 Å². The molecule has 0 saturated heterocycles. The zero-order valence-electron chi connectivity index (χ0n) is 12.2. The predicted octanol–water partition coefficient (Wildman–Crippen LogP) is 3.97. The Bertz CT molecular complexity index is 640. The number of carboxylic acids is 1. The van der Waals surface area contributed by atoms with Gasteiger partial charge in [0.25, 0.3) is 0 Å². The van der Waals surface area contributed by atoms with Gasteiger partial charge in [-0.15, -0.1) is 11.8 Å². The second kappa shape index (κ2) is 6.67. The van der Waals surface area contributed by atoms with E-state index in [1.807, 2.05) is 32.9 Å². The predicted molar refractivity (Wildman–Crippen MR) is 83.1 cm³/mol. The monoisotopic (exact) mass is 306 g/mol. The van der Waals surface area contributed by atoms with Crippen molar-refractivity contribution in [2.75, 3.05) is 11.1 Å². The highest BCUT2D eigenvalue weighted by atomic mass is 32.2. The van der Waals surface area contributed by atoms with E-state index in [9.17, 15) is 9.90 Å². The SMILES string of the molecule is CCSc1cccc(NC(C)c2ncc(C)o2)c1C(=O)O. The van der Waals surface area contributed by atoms with Crippen molar-refractivity contribution in [3.8, 4) is 0 Å². The van der Waals surface area contributed by atoms with Crippen LogP contribution in [0.4, 0.5) is 5.69 Å². The lowest BCUT2D eigenvalue weighted by Gasteiger charge is -2.16. The van der Waals surface area contributed by atoms with Crippen LogP contribution in [-0.2, 0) is 0 Å². The summed E-state index contributed by atoms with van der Waals surface area (Å²) >= 11 is 1.51. The maximum atomic E-state index is 11.5. The summed E-state index contributed by atoms with van der Waals surface area (Å²) in [5.74, 6) is 1.15. The molecule has 0 aliphatic carbocycles. The van der Waals surface area contributed by atoms with Crippen molar-refractivity contribution in [1.29, 1.82) is 0 Å². The quantitative estimate of drug-likeness (QED) is 0.787. The van der Waals surface area contributed by atoms with Gasteiger partial charge in [0.2, 0.25) is 5.89 Å². The van der Waals surface area contributed by atoms with E-state index < -0.39 is 5.97 Å². The molecule has 1 atom stereocenters. The van der Waals surface area contributed by atoms with Gasteiger partial charge in [0.15, 0.2) is 0 Å². The molecule has 21 heavy (non-hydrogen) atoms. The first-order valence-electron chi connectivity index (χ1n) is 6.71. The van der Waals surface area contributed by atoms with E-state index in [-0.39, 0.29) is 6.04 Å².